The summed E-state index contributed by atoms with van der Waals surface area (Å²) in [4.78, 5) is 35.2. The monoisotopic (exact) mass is 393 g/mol. The third-order valence-electron chi connectivity index (χ3n) is 3.09. The minimum Gasteiger partial charge on any atom is -0.495 e. The zero-order valence-corrected chi connectivity index (χ0v) is 15.6. The Bertz CT molecular complexity index is 807. The summed E-state index contributed by atoms with van der Waals surface area (Å²) in [6.07, 6.45) is 0. The standard InChI is InChI=1S/C17H19N3O6S/c1-11-7-14(20-26-11)19-16(22)9-27-10-17(23)25-8-15(21)18-12-5-3-4-6-13(12)24-2/h3-7H,8-10H2,1-2H3,(H,18,21)(H,19,20,22). The van der Waals surface area contributed by atoms with Crippen LogP contribution in [-0.4, -0.2) is 48.2 Å². The normalized spacial score (nSPS) is 10.1. The van der Waals surface area contributed by atoms with Crippen molar-refractivity contribution in [3.05, 3.63) is 36.1 Å². The Morgan fingerprint density at radius 3 is 2.63 bits per heavy atom. The van der Waals surface area contributed by atoms with Gasteiger partial charge < -0.3 is 24.6 Å². The van der Waals surface area contributed by atoms with Crippen molar-refractivity contribution in [2.75, 3.05) is 35.9 Å². The molecule has 0 aliphatic rings. The van der Waals surface area contributed by atoms with Gasteiger partial charge in [0.25, 0.3) is 5.91 Å². The van der Waals surface area contributed by atoms with E-state index in [2.05, 4.69) is 15.8 Å². The minimum atomic E-state index is -0.597. The largest absolute Gasteiger partial charge is 0.495 e. The maximum absolute atomic E-state index is 11.8. The Morgan fingerprint density at radius 1 is 1.15 bits per heavy atom. The van der Waals surface area contributed by atoms with Crippen molar-refractivity contribution < 1.29 is 28.4 Å². The number of benzene rings is 1. The van der Waals surface area contributed by atoms with Crippen molar-refractivity contribution in [2.45, 2.75) is 6.92 Å². The highest BCUT2D eigenvalue weighted by Gasteiger charge is 2.12. The van der Waals surface area contributed by atoms with Crippen LogP contribution in [0.3, 0.4) is 0 Å². The number of anilines is 2. The number of ether oxygens (including phenoxy) is 2. The SMILES string of the molecule is COc1ccccc1NC(=O)COC(=O)CSCC(=O)Nc1cc(C)on1. The van der Waals surface area contributed by atoms with E-state index in [1.54, 1.807) is 37.3 Å². The number of hydrogen-bond acceptors (Lipinski definition) is 8. The lowest BCUT2D eigenvalue weighted by Crippen LogP contribution is -2.22. The number of thioether (sulfide) groups is 1. The van der Waals surface area contributed by atoms with Crippen LogP contribution < -0.4 is 15.4 Å². The van der Waals surface area contributed by atoms with Crippen LogP contribution >= 0.6 is 11.8 Å². The molecule has 2 N–H and O–H groups in total. The average molecular weight is 393 g/mol. The molecule has 0 aliphatic carbocycles. The zero-order valence-electron chi connectivity index (χ0n) is 14.8. The first-order chi connectivity index (χ1) is 13.0. The number of aryl methyl sites for hydroxylation is 1. The highest BCUT2D eigenvalue weighted by Crippen LogP contribution is 2.22. The Labute approximate surface area is 159 Å². The highest BCUT2D eigenvalue weighted by molar-refractivity contribution is 8.00. The van der Waals surface area contributed by atoms with Gasteiger partial charge in [-0.3, -0.25) is 14.4 Å². The van der Waals surface area contributed by atoms with E-state index < -0.39 is 18.5 Å². The lowest BCUT2D eigenvalue weighted by Gasteiger charge is -2.10. The highest BCUT2D eigenvalue weighted by atomic mass is 32.2. The Hall–Kier alpha value is -3.01. The van der Waals surface area contributed by atoms with Gasteiger partial charge in [-0.2, -0.15) is 0 Å². The zero-order chi connectivity index (χ0) is 19.6. The Kier molecular flexibility index (Phi) is 7.68. The summed E-state index contributed by atoms with van der Waals surface area (Å²) in [7, 11) is 1.49. The summed E-state index contributed by atoms with van der Waals surface area (Å²) in [5, 5.41) is 8.76. The van der Waals surface area contributed by atoms with Crippen LogP contribution in [0.25, 0.3) is 0 Å². The van der Waals surface area contributed by atoms with Crippen LogP contribution in [0, 0.1) is 6.92 Å². The first-order valence-corrected chi connectivity index (χ1v) is 9.03. The molecule has 0 spiro atoms. The number of esters is 1. The van der Waals surface area contributed by atoms with Gasteiger partial charge in [0, 0.05) is 6.07 Å². The molecule has 27 heavy (non-hydrogen) atoms. The van der Waals surface area contributed by atoms with Crippen LogP contribution in [0.1, 0.15) is 5.76 Å². The van der Waals surface area contributed by atoms with Crippen LogP contribution in [0.4, 0.5) is 11.5 Å². The molecule has 9 nitrogen and oxygen atoms in total. The Morgan fingerprint density at radius 2 is 1.93 bits per heavy atom. The molecule has 0 bridgehead atoms. The quantitative estimate of drug-likeness (QED) is 0.620. The van der Waals surface area contributed by atoms with Crippen molar-refractivity contribution in [1.82, 2.24) is 5.16 Å². The van der Waals surface area contributed by atoms with E-state index in [1.165, 1.54) is 7.11 Å². The van der Waals surface area contributed by atoms with Gasteiger partial charge in [0.15, 0.2) is 12.4 Å². The molecular weight excluding hydrogens is 374 g/mol. The van der Waals surface area contributed by atoms with E-state index in [9.17, 15) is 14.4 Å². The van der Waals surface area contributed by atoms with E-state index in [-0.39, 0.29) is 17.4 Å². The predicted molar refractivity (Wildman–Crippen MR) is 99.8 cm³/mol. The molecule has 1 aromatic heterocycles. The number of carbonyl (C=O) groups is 3. The van der Waals surface area contributed by atoms with E-state index in [0.29, 0.717) is 23.0 Å². The number of nitrogens with zero attached hydrogens (tertiary/aromatic N) is 1. The number of aromatic nitrogens is 1. The molecule has 2 rings (SSSR count). The van der Waals surface area contributed by atoms with Gasteiger partial charge in [0.05, 0.1) is 24.3 Å². The van der Waals surface area contributed by atoms with Crippen LogP contribution in [-0.2, 0) is 19.1 Å². The van der Waals surface area contributed by atoms with Gasteiger partial charge in [-0.1, -0.05) is 17.3 Å². The van der Waals surface area contributed by atoms with Crippen molar-refractivity contribution in [1.29, 1.82) is 0 Å². The third kappa shape index (κ3) is 7.02. The van der Waals surface area contributed by atoms with E-state index >= 15 is 0 Å². The minimum absolute atomic E-state index is 0.0361. The van der Waals surface area contributed by atoms with Gasteiger partial charge in [-0.15, -0.1) is 11.8 Å². The molecule has 144 valence electrons. The smallest absolute Gasteiger partial charge is 0.316 e. The van der Waals surface area contributed by atoms with E-state index in [4.69, 9.17) is 14.0 Å². The number of para-hydroxylation sites is 2. The maximum Gasteiger partial charge on any atom is 0.316 e. The van der Waals surface area contributed by atoms with Crippen LogP contribution in [0.5, 0.6) is 5.75 Å². The molecule has 1 heterocycles. The molecule has 1 aromatic carbocycles. The Balaban J connectivity index is 1.64. The van der Waals surface area contributed by atoms with Crippen molar-refractivity contribution >= 4 is 41.1 Å². The molecule has 0 aliphatic heterocycles. The summed E-state index contributed by atoms with van der Waals surface area (Å²) in [6.45, 7) is 1.28. The fourth-order valence-electron chi connectivity index (χ4n) is 1.95. The number of amides is 2. The number of rotatable bonds is 9. The molecule has 0 unspecified atom stereocenters. The fourth-order valence-corrected chi connectivity index (χ4v) is 2.56. The molecular formula is C17H19N3O6S. The summed E-state index contributed by atoms with van der Waals surface area (Å²) < 4.78 is 14.8. The number of methoxy groups -OCH3 is 1. The van der Waals surface area contributed by atoms with Gasteiger partial charge >= 0.3 is 5.97 Å². The van der Waals surface area contributed by atoms with Gasteiger partial charge in [0.1, 0.15) is 11.5 Å². The summed E-state index contributed by atoms with van der Waals surface area (Å²) >= 11 is 1.06. The molecule has 10 heteroatoms. The van der Waals surface area contributed by atoms with E-state index in [1.807, 2.05) is 0 Å². The van der Waals surface area contributed by atoms with Crippen LogP contribution in [0.2, 0.25) is 0 Å². The van der Waals surface area contributed by atoms with Crippen LogP contribution in [0.15, 0.2) is 34.9 Å². The summed E-state index contributed by atoms with van der Waals surface area (Å²) in [6, 6.07) is 8.46. The second-order valence-electron chi connectivity index (χ2n) is 5.27. The van der Waals surface area contributed by atoms with Gasteiger partial charge in [0.2, 0.25) is 5.91 Å². The lowest BCUT2D eigenvalue weighted by molar-refractivity contribution is -0.144. The van der Waals surface area contributed by atoms with Crippen molar-refractivity contribution in [2.24, 2.45) is 0 Å². The lowest BCUT2D eigenvalue weighted by atomic mass is 10.3. The van der Waals surface area contributed by atoms with Crippen molar-refractivity contribution in [3.8, 4) is 5.75 Å². The fraction of sp³-hybridized carbons (Fsp3) is 0.294. The second-order valence-corrected chi connectivity index (χ2v) is 6.26. The third-order valence-corrected chi connectivity index (χ3v) is 4.00. The molecule has 0 fully saturated rings. The topological polar surface area (TPSA) is 120 Å². The summed E-state index contributed by atoms with van der Waals surface area (Å²) in [5.74, 6) is -0.0447. The van der Waals surface area contributed by atoms with E-state index in [0.717, 1.165) is 11.8 Å². The van der Waals surface area contributed by atoms with Gasteiger partial charge in [-0.05, 0) is 19.1 Å². The molecule has 0 atom stereocenters. The number of nitrogens with one attached hydrogen (secondary N) is 2. The van der Waals surface area contributed by atoms with Gasteiger partial charge in [-0.25, -0.2) is 0 Å². The predicted octanol–water partition coefficient (Wildman–Crippen LogP) is 1.85. The number of hydrogen-bond donors (Lipinski definition) is 2. The molecule has 2 aromatic rings. The molecule has 0 radical (unpaired) electrons. The number of carbonyl (C=O) groups excluding carboxylic acids is 3. The molecule has 0 saturated heterocycles. The molecule has 2 amide bonds. The first kappa shape index (κ1) is 20.3. The molecule has 0 saturated carbocycles. The first-order valence-electron chi connectivity index (χ1n) is 7.87. The average Bonchev–Trinajstić information content (AvgIpc) is 3.05. The summed E-state index contributed by atoms with van der Waals surface area (Å²) in [5.41, 5.74) is 0.482. The maximum atomic E-state index is 11.8. The second kappa shape index (κ2) is 10.2. The van der Waals surface area contributed by atoms with Crippen molar-refractivity contribution in [3.63, 3.8) is 0 Å².